The van der Waals surface area contributed by atoms with Gasteiger partial charge in [0.15, 0.2) is 0 Å². The summed E-state index contributed by atoms with van der Waals surface area (Å²) in [6.45, 7) is 0. The SMILES string of the molecule is COc1ccc(Cl)c(C2=CC3NC(=O)N(c4cncc5cnn(C)c45)C(=O)C3S2)c1. The molecule has 2 unspecified atom stereocenters. The molecular formula is C20H16ClN5O3S. The molecule has 1 N–H and O–H groups in total. The van der Waals surface area contributed by atoms with E-state index in [1.807, 2.05) is 12.1 Å². The second kappa shape index (κ2) is 7.03. The van der Waals surface area contributed by atoms with Gasteiger partial charge in [0.1, 0.15) is 11.0 Å². The van der Waals surface area contributed by atoms with Crippen molar-refractivity contribution >= 4 is 56.8 Å². The van der Waals surface area contributed by atoms with E-state index in [-0.39, 0.29) is 5.91 Å². The summed E-state index contributed by atoms with van der Waals surface area (Å²) in [5, 5.41) is 7.92. The minimum absolute atomic E-state index is 0.311. The van der Waals surface area contributed by atoms with Gasteiger partial charge in [0.25, 0.3) is 5.91 Å². The standard InChI is InChI=1S/C20H16ClN5O3S/c1-25-17-10(8-23-25)7-22-9-15(17)26-19(27)18-14(24-20(26)28)6-16(30-18)12-5-11(29-2)3-4-13(12)21/h3-9,14,18H,1-2H3,(H,24,28). The summed E-state index contributed by atoms with van der Waals surface area (Å²) in [7, 11) is 3.34. The average Bonchev–Trinajstić information content (AvgIpc) is 3.33. The van der Waals surface area contributed by atoms with Crippen molar-refractivity contribution in [3.63, 3.8) is 0 Å². The molecule has 30 heavy (non-hydrogen) atoms. The van der Waals surface area contributed by atoms with Crippen LogP contribution in [0.2, 0.25) is 5.02 Å². The van der Waals surface area contributed by atoms with Crippen molar-refractivity contribution in [3.05, 3.63) is 53.5 Å². The van der Waals surface area contributed by atoms with Crippen LogP contribution in [-0.2, 0) is 11.8 Å². The highest BCUT2D eigenvalue weighted by Gasteiger charge is 2.46. The molecule has 2 aromatic heterocycles. The molecule has 1 saturated heterocycles. The number of fused-ring (bicyclic) bond motifs is 2. The number of aromatic nitrogens is 3. The van der Waals surface area contributed by atoms with E-state index in [1.165, 1.54) is 18.0 Å². The summed E-state index contributed by atoms with van der Waals surface area (Å²) >= 11 is 7.75. The van der Waals surface area contributed by atoms with Crippen LogP contribution < -0.4 is 15.0 Å². The number of hydrogen-bond donors (Lipinski definition) is 1. The van der Waals surface area contributed by atoms with Crippen LogP contribution in [0.1, 0.15) is 5.56 Å². The Balaban J connectivity index is 1.51. The summed E-state index contributed by atoms with van der Waals surface area (Å²) in [5.74, 6) is 0.353. The minimum Gasteiger partial charge on any atom is -0.497 e. The maximum atomic E-state index is 13.4. The second-order valence-electron chi connectivity index (χ2n) is 6.93. The molecular weight excluding hydrogens is 426 g/mol. The molecule has 0 saturated carbocycles. The molecule has 0 bridgehead atoms. The van der Waals surface area contributed by atoms with Gasteiger partial charge in [-0.05, 0) is 24.3 Å². The summed E-state index contributed by atoms with van der Waals surface area (Å²) in [6.07, 6.45) is 6.67. The predicted molar refractivity (Wildman–Crippen MR) is 116 cm³/mol. The second-order valence-corrected chi connectivity index (χ2v) is 8.52. The van der Waals surface area contributed by atoms with E-state index >= 15 is 0 Å². The monoisotopic (exact) mass is 441 g/mol. The number of imide groups is 1. The normalized spacial score (nSPS) is 20.9. The molecule has 10 heteroatoms. The number of urea groups is 1. The zero-order valence-electron chi connectivity index (χ0n) is 16.0. The lowest BCUT2D eigenvalue weighted by Gasteiger charge is -2.33. The molecule has 0 radical (unpaired) electrons. The fourth-order valence-corrected chi connectivity index (χ4v) is 5.30. The van der Waals surface area contributed by atoms with Crippen molar-refractivity contribution in [1.82, 2.24) is 20.1 Å². The third-order valence-electron chi connectivity index (χ3n) is 5.17. The fraction of sp³-hybridized carbons (Fsp3) is 0.200. The molecule has 2 aliphatic rings. The molecule has 2 aliphatic heterocycles. The maximum Gasteiger partial charge on any atom is 0.329 e. The van der Waals surface area contributed by atoms with Gasteiger partial charge in [-0.15, -0.1) is 11.8 Å². The summed E-state index contributed by atoms with van der Waals surface area (Å²) in [4.78, 5) is 32.4. The number of benzene rings is 1. The highest BCUT2D eigenvalue weighted by molar-refractivity contribution is 8.09. The van der Waals surface area contributed by atoms with E-state index in [1.54, 1.807) is 43.4 Å². The number of anilines is 1. The maximum absolute atomic E-state index is 13.4. The van der Waals surface area contributed by atoms with E-state index in [0.717, 1.165) is 20.8 Å². The van der Waals surface area contributed by atoms with E-state index in [2.05, 4.69) is 15.4 Å². The molecule has 1 aromatic carbocycles. The molecule has 152 valence electrons. The number of rotatable bonds is 3. The number of nitrogens with one attached hydrogen (secondary N) is 1. The highest BCUT2D eigenvalue weighted by atomic mass is 35.5. The van der Waals surface area contributed by atoms with Gasteiger partial charge in [-0.3, -0.25) is 14.5 Å². The Kier molecular flexibility index (Phi) is 4.44. The van der Waals surface area contributed by atoms with Gasteiger partial charge < -0.3 is 10.1 Å². The van der Waals surface area contributed by atoms with Gasteiger partial charge in [0, 0.05) is 34.1 Å². The smallest absolute Gasteiger partial charge is 0.329 e. The lowest BCUT2D eigenvalue weighted by atomic mass is 10.1. The number of methoxy groups -OCH3 is 1. The molecule has 0 aliphatic carbocycles. The van der Waals surface area contributed by atoms with Crippen molar-refractivity contribution in [2.75, 3.05) is 12.0 Å². The molecule has 8 nitrogen and oxygen atoms in total. The summed E-state index contributed by atoms with van der Waals surface area (Å²) in [5.41, 5.74) is 1.83. The molecule has 4 heterocycles. The number of halogens is 1. The zero-order valence-corrected chi connectivity index (χ0v) is 17.6. The molecule has 3 amide bonds. The topological polar surface area (TPSA) is 89.3 Å². The largest absolute Gasteiger partial charge is 0.497 e. The van der Waals surface area contributed by atoms with Crippen LogP contribution in [0.5, 0.6) is 5.75 Å². The van der Waals surface area contributed by atoms with E-state index in [4.69, 9.17) is 16.3 Å². The molecule has 0 spiro atoms. The van der Waals surface area contributed by atoms with Crippen LogP contribution in [0.25, 0.3) is 15.8 Å². The summed E-state index contributed by atoms with van der Waals surface area (Å²) < 4.78 is 6.92. The molecule has 3 aromatic rings. The van der Waals surface area contributed by atoms with Crippen molar-refractivity contribution in [3.8, 4) is 5.75 Å². The van der Waals surface area contributed by atoms with E-state index in [0.29, 0.717) is 22.0 Å². The molecule has 1 fully saturated rings. The number of hydrogen-bond acceptors (Lipinski definition) is 6. The number of thioether (sulfide) groups is 1. The Morgan fingerprint density at radius 3 is 2.87 bits per heavy atom. The number of carbonyl (C=O) groups excluding carboxylic acids is 2. The first-order valence-electron chi connectivity index (χ1n) is 9.10. The predicted octanol–water partition coefficient (Wildman–Crippen LogP) is 3.21. The van der Waals surface area contributed by atoms with Crippen molar-refractivity contribution in [1.29, 1.82) is 0 Å². The number of carbonyl (C=O) groups is 2. The van der Waals surface area contributed by atoms with Crippen LogP contribution in [0.3, 0.4) is 0 Å². The first kappa shape index (κ1) is 19.0. The molecule has 5 rings (SSSR count). The number of nitrogens with zero attached hydrogens (tertiary/aromatic N) is 4. The zero-order chi connectivity index (χ0) is 21.0. The Morgan fingerprint density at radius 1 is 1.23 bits per heavy atom. The van der Waals surface area contributed by atoms with Crippen molar-refractivity contribution in [2.24, 2.45) is 7.05 Å². The van der Waals surface area contributed by atoms with Gasteiger partial charge in [-0.25, -0.2) is 9.69 Å². The van der Waals surface area contributed by atoms with Crippen LogP contribution in [-0.4, -0.2) is 45.1 Å². The lowest BCUT2D eigenvalue weighted by Crippen LogP contribution is -2.60. The minimum atomic E-state index is -0.511. The van der Waals surface area contributed by atoms with Crippen molar-refractivity contribution < 1.29 is 14.3 Å². The average molecular weight is 442 g/mol. The van der Waals surface area contributed by atoms with Gasteiger partial charge in [0.2, 0.25) is 0 Å². The van der Waals surface area contributed by atoms with Crippen LogP contribution in [0.15, 0.2) is 42.9 Å². The van der Waals surface area contributed by atoms with Gasteiger partial charge in [-0.1, -0.05) is 11.6 Å². The van der Waals surface area contributed by atoms with E-state index < -0.39 is 17.3 Å². The first-order chi connectivity index (χ1) is 14.5. The van der Waals surface area contributed by atoms with Crippen molar-refractivity contribution in [2.45, 2.75) is 11.3 Å². The summed E-state index contributed by atoms with van der Waals surface area (Å²) in [6, 6.07) is 4.42. The Hall–Kier alpha value is -3.04. The first-order valence-corrected chi connectivity index (χ1v) is 10.4. The van der Waals surface area contributed by atoms with Crippen LogP contribution in [0, 0.1) is 0 Å². The molecule has 2 atom stereocenters. The Morgan fingerprint density at radius 2 is 2.07 bits per heavy atom. The third kappa shape index (κ3) is 2.85. The van der Waals surface area contributed by atoms with Gasteiger partial charge in [-0.2, -0.15) is 5.10 Å². The quantitative estimate of drug-likeness (QED) is 0.671. The number of ether oxygens (including phenoxy) is 1. The number of aryl methyl sites for hydroxylation is 1. The lowest BCUT2D eigenvalue weighted by molar-refractivity contribution is -0.118. The number of amides is 3. The van der Waals surface area contributed by atoms with Crippen LogP contribution >= 0.6 is 23.4 Å². The van der Waals surface area contributed by atoms with Crippen LogP contribution in [0.4, 0.5) is 10.5 Å². The fourth-order valence-electron chi connectivity index (χ4n) is 3.73. The highest BCUT2D eigenvalue weighted by Crippen LogP contribution is 2.45. The van der Waals surface area contributed by atoms with Gasteiger partial charge >= 0.3 is 6.03 Å². The van der Waals surface area contributed by atoms with Gasteiger partial charge in [0.05, 0.1) is 36.7 Å². The Labute approximate surface area is 180 Å². The number of pyridine rings is 1. The third-order valence-corrected chi connectivity index (χ3v) is 6.86. The van der Waals surface area contributed by atoms with E-state index in [9.17, 15) is 9.59 Å². The Bertz CT molecular complexity index is 1240.